The first-order valence-electron chi connectivity index (χ1n) is 14.5. The van der Waals surface area contributed by atoms with Crippen molar-refractivity contribution in [2.24, 2.45) is 11.8 Å². The summed E-state index contributed by atoms with van der Waals surface area (Å²) < 4.78 is 30.1. The number of ether oxygens (including phenoxy) is 3. The summed E-state index contributed by atoms with van der Waals surface area (Å²) in [6.07, 6.45) is -1.86. The van der Waals surface area contributed by atoms with Crippen LogP contribution < -0.4 is 32.0 Å². The monoisotopic (exact) mass is 666 g/mol. The van der Waals surface area contributed by atoms with Gasteiger partial charge in [0.15, 0.2) is 5.82 Å². The summed E-state index contributed by atoms with van der Waals surface area (Å²) in [4.78, 5) is 33.5. The molecule has 5 unspecified atom stereocenters. The van der Waals surface area contributed by atoms with Crippen molar-refractivity contribution in [1.82, 2.24) is 25.2 Å². The van der Waals surface area contributed by atoms with Gasteiger partial charge in [-0.05, 0) is 38.4 Å². The van der Waals surface area contributed by atoms with Crippen molar-refractivity contribution in [2.45, 2.75) is 83.4 Å². The Balaban J connectivity index is 3.11. The maximum atomic E-state index is 14.3. The molecule has 1 heterocycles. The van der Waals surface area contributed by atoms with Crippen LogP contribution >= 0.6 is 19.4 Å². The Hall–Kier alpha value is -2.24. The molecule has 0 amide bonds. The van der Waals surface area contributed by atoms with Crippen LogP contribution in [0.5, 0.6) is 0 Å². The quantitative estimate of drug-likeness (QED) is 0.0394. The Morgan fingerprint density at radius 3 is 1.93 bits per heavy atom. The summed E-state index contributed by atoms with van der Waals surface area (Å²) in [7, 11) is -2.66. The number of thioether (sulfide) groups is 1. The van der Waals surface area contributed by atoms with Gasteiger partial charge in [0.25, 0.3) is 7.59 Å². The zero-order chi connectivity index (χ0) is 33.6. The molecule has 0 radical (unpaired) electrons. The fourth-order valence-electron chi connectivity index (χ4n) is 4.05. The fourth-order valence-corrected chi connectivity index (χ4v) is 6.90. The first-order chi connectivity index (χ1) is 20.6. The summed E-state index contributed by atoms with van der Waals surface area (Å²) in [5.41, 5.74) is 12.1. The topological polar surface area (TPSA) is 245 Å². The molecule has 1 aromatic heterocycles. The first-order valence-corrected chi connectivity index (χ1v) is 17.4. The van der Waals surface area contributed by atoms with Gasteiger partial charge in [-0.3, -0.25) is 14.2 Å². The molecule has 0 aromatic carbocycles. The summed E-state index contributed by atoms with van der Waals surface area (Å²) in [6.45, 7) is 10.5. The molecule has 0 spiro atoms. The molecule has 1 rings (SSSR count). The highest BCUT2D eigenvalue weighted by Gasteiger charge is 2.38. The number of nitrogens with zero attached hydrogens (tertiary/aromatic N) is 2. The van der Waals surface area contributed by atoms with Crippen LogP contribution in [0.2, 0.25) is 0 Å². The predicted octanol–water partition coefficient (Wildman–Crippen LogP) is 0.954. The summed E-state index contributed by atoms with van der Waals surface area (Å²) in [5.74, 6) is -1.73. The maximum absolute atomic E-state index is 14.3. The minimum Gasteiger partial charge on any atom is -0.465 e. The lowest BCUT2D eigenvalue weighted by Crippen LogP contribution is -2.52. The number of nitrogens with two attached hydrogens (primary N) is 2. The number of hydrogen-bond acceptors (Lipinski definition) is 14. The van der Waals surface area contributed by atoms with E-state index in [-0.39, 0.29) is 56.3 Å². The Morgan fingerprint density at radius 2 is 1.50 bits per heavy atom. The number of aromatic nitrogens is 2. The van der Waals surface area contributed by atoms with E-state index in [1.165, 1.54) is 18.9 Å². The lowest BCUT2D eigenvalue weighted by Gasteiger charge is -2.33. The minimum absolute atomic E-state index is 0.0357. The van der Waals surface area contributed by atoms with Gasteiger partial charge in [0.1, 0.15) is 28.9 Å². The van der Waals surface area contributed by atoms with Gasteiger partial charge in [0, 0.05) is 20.2 Å². The van der Waals surface area contributed by atoms with E-state index in [1.807, 2.05) is 0 Å². The molecule has 0 saturated heterocycles. The molecular formula is C26H51N8O8PS. The van der Waals surface area contributed by atoms with Gasteiger partial charge < -0.3 is 41.2 Å². The Bertz CT molecular complexity index is 1070. The molecule has 10 N–H and O–H groups in total. The number of anilines is 3. The number of nitrogen functional groups attached to an aromatic ring is 2. The second kappa shape index (κ2) is 19.3. The van der Waals surface area contributed by atoms with Gasteiger partial charge in [0.05, 0.1) is 25.4 Å². The fraction of sp³-hybridized carbons (Fsp3) is 0.769. The lowest BCUT2D eigenvalue weighted by atomic mass is 10.1. The summed E-state index contributed by atoms with van der Waals surface area (Å²) in [6, 6.07) is -2.01. The van der Waals surface area contributed by atoms with Gasteiger partial charge in [-0.1, -0.05) is 27.7 Å². The number of rotatable bonds is 21. The smallest absolute Gasteiger partial charge is 0.323 e. The SMILES string of the molecule is CCOC(=O)C(NP(=O)(NCC(OC)C(O)C(O)CCNc1c(N)nc(N)nc1SC)N[C@H](C(=O)OCC)C(C)C)C(C)C. The van der Waals surface area contributed by atoms with E-state index in [1.54, 1.807) is 47.8 Å². The molecule has 18 heteroatoms. The molecule has 0 fully saturated rings. The molecular weight excluding hydrogens is 615 g/mol. The van der Waals surface area contributed by atoms with Crippen LogP contribution in [-0.4, -0.2) is 102 Å². The standard InChI is InChI=1S/C26H51N8O8PS/c1-9-41-24(37)18(14(3)4)33-43(39,34-19(15(5)6)25(38)42-10-2)30-13-17(40-7)21(36)16(35)11-12-29-20-22(27)31-26(28)32-23(20)44-8/h14-19,21,29,35-36H,9-13H2,1-8H3,(H4,27,28,31,32)(H3,30,33,34,39)/t16?,17?,18-,19?,21?,43?/m0/s1. The van der Waals surface area contributed by atoms with Crippen LogP contribution in [0.25, 0.3) is 0 Å². The number of aliphatic hydroxyl groups is 2. The van der Waals surface area contributed by atoms with E-state index in [4.69, 9.17) is 25.7 Å². The second-order valence-electron chi connectivity index (χ2n) is 10.6. The largest absolute Gasteiger partial charge is 0.465 e. The number of methoxy groups -OCH3 is 1. The van der Waals surface area contributed by atoms with Crippen molar-refractivity contribution in [3.8, 4) is 0 Å². The van der Waals surface area contributed by atoms with Gasteiger partial charge >= 0.3 is 11.9 Å². The molecule has 0 saturated carbocycles. The zero-order valence-electron chi connectivity index (χ0n) is 26.8. The van der Waals surface area contributed by atoms with Crippen LogP contribution in [-0.2, 0) is 28.4 Å². The number of carbonyl (C=O) groups is 2. The molecule has 0 aliphatic carbocycles. The molecule has 44 heavy (non-hydrogen) atoms. The van der Waals surface area contributed by atoms with Crippen molar-refractivity contribution in [3.05, 3.63) is 0 Å². The third-order valence-corrected chi connectivity index (χ3v) is 9.10. The number of nitrogens with one attached hydrogen (secondary N) is 4. The van der Waals surface area contributed by atoms with Crippen molar-refractivity contribution in [1.29, 1.82) is 0 Å². The first kappa shape index (κ1) is 39.8. The van der Waals surface area contributed by atoms with Crippen molar-refractivity contribution < 1.29 is 38.6 Å². The molecule has 6 atom stereocenters. The highest BCUT2D eigenvalue weighted by Crippen LogP contribution is 2.35. The number of aliphatic hydroxyl groups excluding tert-OH is 2. The van der Waals surface area contributed by atoms with E-state index >= 15 is 0 Å². The van der Waals surface area contributed by atoms with Crippen molar-refractivity contribution in [3.63, 3.8) is 0 Å². The molecule has 254 valence electrons. The highest BCUT2D eigenvalue weighted by atomic mass is 32.2. The van der Waals surface area contributed by atoms with Crippen LogP contribution in [0.3, 0.4) is 0 Å². The van der Waals surface area contributed by atoms with Crippen LogP contribution in [0.1, 0.15) is 48.0 Å². The Kier molecular flexibility index (Phi) is 17.5. The average molecular weight is 667 g/mol. The van der Waals surface area contributed by atoms with Crippen LogP contribution in [0.4, 0.5) is 17.5 Å². The van der Waals surface area contributed by atoms with E-state index < -0.39 is 49.9 Å². The number of carbonyl (C=O) groups excluding carboxylic acids is 2. The minimum atomic E-state index is -3.99. The Labute approximate surface area is 264 Å². The average Bonchev–Trinajstić information content (AvgIpc) is 2.95. The second-order valence-corrected chi connectivity index (χ2v) is 13.4. The lowest BCUT2D eigenvalue weighted by molar-refractivity contribution is -0.146. The molecule has 16 nitrogen and oxygen atoms in total. The highest BCUT2D eigenvalue weighted by molar-refractivity contribution is 7.98. The molecule has 0 aliphatic rings. The van der Waals surface area contributed by atoms with Crippen LogP contribution in [0.15, 0.2) is 5.03 Å². The van der Waals surface area contributed by atoms with E-state index in [0.717, 1.165) is 0 Å². The normalized spacial score (nSPS) is 16.5. The maximum Gasteiger partial charge on any atom is 0.323 e. The number of hydrogen-bond donors (Lipinski definition) is 8. The van der Waals surface area contributed by atoms with Crippen molar-refractivity contribution >= 4 is 48.7 Å². The van der Waals surface area contributed by atoms with Crippen molar-refractivity contribution in [2.75, 3.05) is 56.5 Å². The van der Waals surface area contributed by atoms with E-state index in [2.05, 4.69) is 30.5 Å². The van der Waals surface area contributed by atoms with Gasteiger partial charge in [-0.25, -0.2) is 20.2 Å². The number of esters is 2. The van der Waals surface area contributed by atoms with E-state index in [9.17, 15) is 24.4 Å². The zero-order valence-corrected chi connectivity index (χ0v) is 28.5. The van der Waals surface area contributed by atoms with Crippen LogP contribution in [0, 0.1) is 11.8 Å². The molecule has 0 aliphatic heterocycles. The molecule has 0 bridgehead atoms. The Morgan fingerprint density at radius 1 is 0.977 bits per heavy atom. The van der Waals surface area contributed by atoms with Gasteiger partial charge in [-0.15, -0.1) is 11.8 Å². The third kappa shape index (κ3) is 12.3. The van der Waals surface area contributed by atoms with Gasteiger partial charge in [0.2, 0.25) is 5.95 Å². The molecule has 1 aromatic rings. The summed E-state index contributed by atoms with van der Waals surface area (Å²) in [5, 5.41) is 33.7. The third-order valence-electron chi connectivity index (χ3n) is 6.51. The van der Waals surface area contributed by atoms with Gasteiger partial charge in [-0.2, -0.15) is 4.98 Å². The summed E-state index contributed by atoms with van der Waals surface area (Å²) >= 11 is 1.32. The predicted molar refractivity (Wildman–Crippen MR) is 171 cm³/mol. The van der Waals surface area contributed by atoms with E-state index in [0.29, 0.717) is 10.7 Å².